The van der Waals surface area contributed by atoms with Crippen LogP contribution >= 0.6 is 15.9 Å². The van der Waals surface area contributed by atoms with Crippen molar-refractivity contribution in [2.45, 2.75) is 34.3 Å². The van der Waals surface area contributed by atoms with Gasteiger partial charge in [-0.25, -0.2) is 0 Å². The van der Waals surface area contributed by atoms with Gasteiger partial charge in [-0.15, -0.1) is 0 Å². The Bertz CT molecular complexity index is 985. The van der Waals surface area contributed by atoms with E-state index in [1.54, 1.807) is 12.1 Å². The van der Waals surface area contributed by atoms with Gasteiger partial charge in [0.05, 0.1) is 0 Å². The summed E-state index contributed by atoms with van der Waals surface area (Å²) in [6.07, 6.45) is 0. The summed E-state index contributed by atoms with van der Waals surface area (Å²) in [5, 5.41) is 0. The maximum Gasteiger partial charge on any atom is 0.308 e. The lowest BCUT2D eigenvalue weighted by Gasteiger charge is -2.15. The highest BCUT2D eigenvalue weighted by molar-refractivity contribution is 9.10. The van der Waals surface area contributed by atoms with Crippen LogP contribution in [-0.4, -0.2) is 11.9 Å². The molecule has 31 heavy (non-hydrogen) atoms. The first kappa shape index (κ1) is 24.2. The van der Waals surface area contributed by atoms with Crippen molar-refractivity contribution in [3.8, 4) is 17.2 Å². The van der Waals surface area contributed by atoms with Crippen molar-refractivity contribution in [1.29, 1.82) is 0 Å². The standard InChI is InChI=1S/C19H19BrO5.C6H6/c1-11-6-5-7-12(2)19(11)23-10-15-8-17(24-13(3)21)18(9-16(15)20)25-14(4)22;1-2-4-6-5-3-1/h5-9H,10H2,1-4H3;1-6H. The first-order valence-electron chi connectivity index (χ1n) is 9.66. The second kappa shape index (κ2) is 11.9. The highest BCUT2D eigenvalue weighted by Gasteiger charge is 2.15. The molecule has 3 aromatic carbocycles. The molecule has 0 unspecified atom stereocenters. The number of rotatable bonds is 5. The number of halogens is 1. The predicted molar refractivity (Wildman–Crippen MR) is 123 cm³/mol. The minimum absolute atomic E-state index is 0.172. The average Bonchev–Trinajstić information content (AvgIpc) is 2.71. The zero-order valence-electron chi connectivity index (χ0n) is 18.0. The highest BCUT2D eigenvalue weighted by Crippen LogP contribution is 2.35. The summed E-state index contributed by atoms with van der Waals surface area (Å²) in [6.45, 7) is 6.79. The third-order valence-corrected chi connectivity index (χ3v) is 4.81. The molecule has 0 aliphatic carbocycles. The number of carbonyl (C=O) groups is 2. The molecule has 0 saturated heterocycles. The summed E-state index contributed by atoms with van der Waals surface area (Å²) in [5.41, 5.74) is 2.83. The molecular weight excluding hydrogens is 460 g/mol. The second-order valence-electron chi connectivity index (χ2n) is 6.74. The molecule has 0 aliphatic rings. The molecule has 0 heterocycles. The van der Waals surface area contributed by atoms with Gasteiger partial charge in [-0.3, -0.25) is 9.59 Å². The molecule has 0 radical (unpaired) electrons. The number of aryl methyl sites for hydroxylation is 2. The van der Waals surface area contributed by atoms with Crippen LogP contribution in [0.5, 0.6) is 17.2 Å². The van der Waals surface area contributed by atoms with Gasteiger partial charge in [0.1, 0.15) is 12.4 Å². The number of benzene rings is 3. The highest BCUT2D eigenvalue weighted by atomic mass is 79.9. The molecule has 5 nitrogen and oxygen atoms in total. The van der Waals surface area contributed by atoms with Gasteiger partial charge in [-0.05, 0) is 37.1 Å². The maximum absolute atomic E-state index is 11.3. The molecule has 0 aliphatic heterocycles. The fraction of sp³-hybridized carbons (Fsp3) is 0.200. The van der Waals surface area contributed by atoms with Gasteiger partial charge in [0.25, 0.3) is 0 Å². The number of ether oxygens (including phenoxy) is 3. The number of carbonyl (C=O) groups excluding carboxylic acids is 2. The molecule has 0 atom stereocenters. The summed E-state index contributed by atoms with van der Waals surface area (Å²) >= 11 is 3.44. The smallest absolute Gasteiger partial charge is 0.308 e. The van der Waals surface area contributed by atoms with E-state index in [-0.39, 0.29) is 18.1 Å². The molecular formula is C25H25BrO5. The molecule has 0 amide bonds. The van der Waals surface area contributed by atoms with Crippen molar-refractivity contribution in [3.05, 3.63) is 87.9 Å². The molecule has 0 N–H and O–H groups in total. The van der Waals surface area contributed by atoms with Crippen LogP contribution in [0.15, 0.2) is 71.2 Å². The normalized spacial score (nSPS) is 9.84. The quantitative estimate of drug-likeness (QED) is 0.319. The zero-order chi connectivity index (χ0) is 22.8. The number of para-hydroxylation sites is 1. The van der Waals surface area contributed by atoms with Crippen LogP contribution in [0.25, 0.3) is 0 Å². The minimum atomic E-state index is -0.502. The van der Waals surface area contributed by atoms with Crippen LogP contribution in [0.1, 0.15) is 30.5 Å². The van der Waals surface area contributed by atoms with E-state index in [2.05, 4.69) is 15.9 Å². The van der Waals surface area contributed by atoms with Gasteiger partial charge in [-0.1, -0.05) is 70.5 Å². The van der Waals surface area contributed by atoms with E-state index < -0.39 is 11.9 Å². The third-order valence-electron chi connectivity index (χ3n) is 4.07. The van der Waals surface area contributed by atoms with Gasteiger partial charge >= 0.3 is 11.9 Å². The SMILES string of the molecule is CC(=O)Oc1cc(Br)c(COc2c(C)cccc2C)cc1OC(C)=O.c1ccccc1. The lowest BCUT2D eigenvalue weighted by atomic mass is 10.1. The molecule has 0 fully saturated rings. The Kier molecular flexibility index (Phi) is 9.28. The summed E-state index contributed by atoms with van der Waals surface area (Å²) < 4.78 is 16.9. The molecule has 3 aromatic rings. The Hall–Kier alpha value is -3.12. The molecule has 162 valence electrons. The average molecular weight is 485 g/mol. The molecule has 0 aromatic heterocycles. The van der Waals surface area contributed by atoms with Crippen LogP contribution < -0.4 is 14.2 Å². The van der Waals surface area contributed by atoms with Gasteiger partial charge in [-0.2, -0.15) is 0 Å². The minimum Gasteiger partial charge on any atom is -0.488 e. The van der Waals surface area contributed by atoms with E-state index in [0.29, 0.717) is 4.47 Å². The topological polar surface area (TPSA) is 61.8 Å². The first-order valence-corrected chi connectivity index (χ1v) is 10.5. The predicted octanol–water partition coefficient (Wildman–Crippen LogP) is 6.18. The monoisotopic (exact) mass is 484 g/mol. The van der Waals surface area contributed by atoms with E-state index in [1.165, 1.54) is 13.8 Å². The van der Waals surface area contributed by atoms with Crippen LogP contribution in [0.4, 0.5) is 0 Å². The first-order chi connectivity index (χ1) is 14.8. The molecule has 0 saturated carbocycles. The van der Waals surface area contributed by atoms with Gasteiger partial charge in [0.2, 0.25) is 0 Å². The summed E-state index contributed by atoms with van der Waals surface area (Å²) in [4.78, 5) is 22.5. The molecule has 0 spiro atoms. The van der Waals surface area contributed by atoms with Crippen LogP contribution in [-0.2, 0) is 16.2 Å². The third kappa shape index (κ3) is 7.90. The van der Waals surface area contributed by atoms with E-state index in [1.807, 2.05) is 68.4 Å². The molecule has 0 bridgehead atoms. The Morgan fingerprint density at radius 3 is 1.68 bits per heavy atom. The van der Waals surface area contributed by atoms with Crippen molar-refractivity contribution >= 4 is 27.9 Å². The molecule has 3 rings (SSSR count). The maximum atomic E-state index is 11.3. The van der Waals surface area contributed by atoms with E-state index >= 15 is 0 Å². The van der Waals surface area contributed by atoms with Gasteiger partial charge in [0.15, 0.2) is 11.5 Å². The number of hydrogen-bond acceptors (Lipinski definition) is 5. The summed E-state index contributed by atoms with van der Waals surface area (Å²) in [7, 11) is 0. The van der Waals surface area contributed by atoms with E-state index in [4.69, 9.17) is 14.2 Å². The summed E-state index contributed by atoms with van der Waals surface area (Å²) in [5.74, 6) is 0.154. The zero-order valence-corrected chi connectivity index (χ0v) is 19.6. The Balaban J connectivity index is 0.000000488. The largest absolute Gasteiger partial charge is 0.488 e. The van der Waals surface area contributed by atoms with Crippen molar-refractivity contribution in [2.75, 3.05) is 0 Å². The lowest BCUT2D eigenvalue weighted by molar-refractivity contribution is -0.134. The molecule has 6 heteroatoms. The Labute approximate surface area is 191 Å². The van der Waals surface area contributed by atoms with Crippen molar-refractivity contribution in [3.63, 3.8) is 0 Å². The fourth-order valence-corrected chi connectivity index (χ4v) is 3.16. The second-order valence-corrected chi connectivity index (χ2v) is 7.60. The van der Waals surface area contributed by atoms with E-state index in [9.17, 15) is 9.59 Å². The van der Waals surface area contributed by atoms with Crippen molar-refractivity contribution in [1.82, 2.24) is 0 Å². The van der Waals surface area contributed by atoms with Crippen LogP contribution in [0.2, 0.25) is 0 Å². The Morgan fingerprint density at radius 2 is 1.23 bits per heavy atom. The van der Waals surface area contributed by atoms with Crippen LogP contribution in [0.3, 0.4) is 0 Å². The lowest BCUT2D eigenvalue weighted by Crippen LogP contribution is -2.08. The summed E-state index contributed by atoms with van der Waals surface area (Å²) in [6, 6.07) is 21.1. The van der Waals surface area contributed by atoms with Crippen LogP contribution in [0, 0.1) is 13.8 Å². The fourth-order valence-electron chi connectivity index (χ4n) is 2.72. The number of esters is 2. The van der Waals surface area contributed by atoms with Gasteiger partial charge in [0, 0.05) is 23.9 Å². The van der Waals surface area contributed by atoms with Gasteiger partial charge < -0.3 is 14.2 Å². The van der Waals surface area contributed by atoms with Crippen molar-refractivity contribution < 1.29 is 23.8 Å². The van der Waals surface area contributed by atoms with E-state index in [0.717, 1.165) is 22.4 Å². The Morgan fingerprint density at radius 1 is 0.774 bits per heavy atom. The van der Waals surface area contributed by atoms with Crippen molar-refractivity contribution in [2.24, 2.45) is 0 Å². The number of hydrogen-bond donors (Lipinski definition) is 0.